The van der Waals surface area contributed by atoms with E-state index < -0.39 is 0 Å². The Morgan fingerprint density at radius 3 is 2.76 bits per heavy atom. The van der Waals surface area contributed by atoms with Crippen LogP contribution in [0.3, 0.4) is 0 Å². The van der Waals surface area contributed by atoms with Crippen LogP contribution in [0.1, 0.15) is 52.4 Å². The molecule has 1 heterocycles. The van der Waals surface area contributed by atoms with Crippen LogP contribution in [0.2, 0.25) is 0 Å². The highest BCUT2D eigenvalue weighted by molar-refractivity contribution is 5.98. The Kier molecular flexibility index (Phi) is 2.71. The minimum Gasteiger partial charge on any atom is -0.355 e. The molecule has 1 saturated heterocycles. The zero-order valence-electron chi connectivity index (χ0n) is 13.1. The van der Waals surface area contributed by atoms with Crippen molar-refractivity contribution < 1.29 is 9.59 Å². The van der Waals surface area contributed by atoms with E-state index in [9.17, 15) is 9.59 Å². The van der Waals surface area contributed by atoms with Crippen LogP contribution in [-0.4, -0.2) is 18.2 Å². The van der Waals surface area contributed by atoms with Gasteiger partial charge in [0.05, 0.1) is 5.41 Å². The Labute approximate surface area is 126 Å². The Hall–Kier alpha value is -1.12. The molecule has 21 heavy (non-hydrogen) atoms. The van der Waals surface area contributed by atoms with Gasteiger partial charge in [0.15, 0.2) is 5.78 Å². The summed E-state index contributed by atoms with van der Waals surface area (Å²) in [5.41, 5.74) is 0.967. The first-order valence-electron chi connectivity index (χ1n) is 8.49. The molecule has 1 amide bonds. The van der Waals surface area contributed by atoms with Crippen LogP contribution < -0.4 is 5.32 Å². The first-order valence-corrected chi connectivity index (χ1v) is 8.49. The maximum absolute atomic E-state index is 12.7. The average Bonchev–Trinajstić information content (AvgIpc) is 2.75. The Morgan fingerprint density at radius 1 is 1.14 bits per heavy atom. The number of nitrogens with one attached hydrogen (secondary N) is 1. The first-order chi connectivity index (χ1) is 9.97. The third kappa shape index (κ3) is 1.61. The number of hydrogen-bond donors (Lipinski definition) is 1. The van der Waals surface area contributed by atoms with Crippen molar-refractivity contribution >= 4 is 11.7 Å². The van der Waals surface area contributed by atoms with Crippen LogP contribution in [0.5, 0.6) is 0 Å². The normalized spacial score (nSPS) is 48.9. The molecule has 0 unspecified atom stereocenters. The molecule has 5 atom stereocenters. The number of carbonyl (C=O) groups is 2. The lowest BCUT2D eigenvalue weighted by molar-refractivity contribution is -0.138. The van der Waals surface area contributed by atoms with Gasteiger partial charge in [-0.15, -0.1) is 0 Å². The van der Waals surface area contributed by atoms with E-state index in [2.05, 4.69) is 25.2 Å². The summed E-state index contributed by atoms with van der Waals surface area (Å²) in [4.78, 5) is 24.9. The van der Waals surface area contributed by atoms with E-state index in [1.54, 1.807) is 0 Å². The van der Waals surface area contributed by atoms with Crippen molar-refractivity contribution in [1.82, 2.24) is 5.32 Å². The molecule has 3 aliphatic carbocycles. The molecule has 114 valence electrons. The van der Waals surface area contributed by atoms with Gasteiger partial charge in [0.25, 0.3) is 0 Å². The summed E-state index contributed by atoms with van der Waals surface area (Å²) < 4.78 is 0. The second-order valence-electron chi connectivity index (χ2n) is 8.10. The summed E-state index contributed by atoms with van der Waals surface area (Å²) in [6, 6.07) is 0. The van der Waals surface area contributed by atoms with Gasteiger partial charge < -0.3 is 5.32 Å². The summed E-state index contributed by atoms with van der Waals surface area (Å²) in [7, 11) is 0. The summed E-state index contributed by atoms with van der Waals surface area (Å²) in [6.45, 7) is 5.22. The minimum absolute atomic E-state index is 0.0746. The number of Topliss-reactive ketones (excluding diaryl/α,β-unsaturated/α-hetero) is 1. The maximum Gasteiger partial charge on any atom is 0.226 e. The molecule has 0 aromatic carbocycles. The Morgan fingerprint density at radius 2 is 1.95 bits per heavy atom. The smallest absolute Gasteiger partial charge is 0.226 e. The van der Waals surface area contributed by atoms with Crippen LogP contribution >= 0.6 is 0 Å². The quantitative estimate of drug-likeness (QED) is 0.744. The number of amides is 1. The number of allylic oxidation sites excluding steroid dienone is 2. The topological polar surface area (TPSA) is 46.2 Å². The predicted molar refractivity (Wildman–Crippen MR) is 80.5 cm³/mol. The molecule has 0 spiro atoms. The SMILES string of the molecule is C[C@]12CCCC=C1C(=O)C[C@@H]1[C@@H]2CC[C@]2(C)C(=O)NC[C@@H]12. The van der Waals surface area contributed by atoms with E-state index in [4.69, 9.17) is 0 Å². The van der Waals surface area contributed by atoms with Crippen LogP contribution in [0.4, 0.5) is 0 Å². The second kappa shape index (κ2) is 4.21. The highest BCUT2D eigenvalue weighted by Gasteiger charge is 2.60. The van der Waals surface area contributed by atoms with Crippen molar-refractivity contribution in [1.29, 1.82) is 0 Å². The fourth-order valence-electron chi connectivity index (χ4n) is 5.97. The second-order valence-corrected chi connectivity index (χ2v) is 8.10. The van der Waals surface area contributed by atoms with Gasteiger partial charge in [-0.3, -0.25) is 9.59 Å². The molecule has 0 radical (unpaired) electrons. The zero-order chi connectivity index (χ0) is 14.8. The van der Waals surface area contributed by atoms with Gasteiger partial charge in [0.2, 0.25) is 5.91 Å². The van der Waals surface area contributed by atoms with Crippen molar-refractivity contribution in [2.24, 2.45) is 28.6 Å². The van der Waals surface area contributed by atoms with E-state index in [0.29, 0.717) is 30.0 Å². The zero-order valence-corrected chi connectivity index (χ0v) is 13.1. The third-order valence-electron chi connectivity index (χ3n) is 7.23. The Balaban J connectivity index is 1.75. The molecule has 2 saturated carbocycles. The molecular weight excluding hydrogens is 262 g/mol. The molecule has 1 N–H and O–H groups in total. The maximum atomic E-state index is 12.7. The van der Waals surface area contributed by atoms with E-state index in [-0.39, 0.29) is 16.7 Å². The highest BCUT2D eigenvalue weighted by atomic mass is 16.2. The number of fused-ring (bicyclic) bond motifs is 5. The molecule has 4 rings (SSSR count). The summed E-state index contributed by atoms with van der Waals surface area (Å²) >= 11 is 0. The predicted octanol–water partition coefficient (Wildman–Crippen LogP) is 2.85. The van der Waals surface area contributed by atoms with Gasteiger partial charge in [0.1, 0.15) is 0 Å². The standard InChI is InChI=1S/C18H25NO2/c1-17-7-4-3-5-13(17)15(20)9-11-12(17)6-8-18(2)14(11)10-19-16(18)21/h5,11-12,14H,3-4,6-10H2,1-2H3,(H,19,21)/t11-,12+,14+,17-,18+/m1/s1. The van der Waals surface area contributed by atoms with Crippen molar-refractivity contribution in [3.63, 3.8) is 0 Å². The summed E-state index contributed by atoms with van der Waals surface area (Å²) in [5, 5.41) is 3.07. The van der Waals surface area contributed by atoms with Crippen molar-refractivity contribution in [3.05, 3.63) is 11.6 Å². The fraction of sp³-hybridized carbons (Fsp3) is 0.778. The lowest BCUT2D eigenvalue weighted by atomic mass is 9.47. The molecule has 3 heteroatoms. The minimum atomic E-state index is -0.228. The molecule has 4 aliphatic rings. The monoisotopic (exact) mass is 287 g/mol. The van der Waals surface area contributed by atoms with Crippen molar-refractivity contribution in [3.8, 4) is 0 Å². The van der Waals surface area contributed by atoms with Gasteiger partial charge in [0, 0.05) is 13.0 Å². The van der Waals surface area contributed by atoms with Crippen molar-refractivity contribution in [2.75, 3.05) is 6.54 Å². The van der Waals surface area contributed by atoms with Crippen LogP contribution in [-0.2, 0) is 9.59 Å². The fourth-order valence-corrected chi connectivity index (χ4v) is 5.97. The third-order valence-corrected chi connectivity index (χ3v) is 7.23. The Bertz CT molecular complexity index is 551. The molecule has 0 aromatic heterocycles. The van der Waals surface area contributed by atoms with Crippen molar-refractivity contribution in [2.45, 2.75) is 52.4 Å². The first kappa shape index (κ1) is 13.5. The van der Waals surface area contributed by atoms with E-state index >= 15 is 0 Å². The molecule has 0 bridgehead atoms. The molecule has 3 nitrogen and oxygen atoms in total. The number of hydrogen-bond acceptors (Lipinski definition) is 2. The number of carbonyl (C=O) groups excluding carboxylic acids is 2. The average molecular weight is 287 g/mol. The summed E-state index contributed by atoms with van der Waals surface area (Å²) in [5.74, 6) is 1.92. The van der Waals surface area contributed by atoms with Crippen LogP contribution in [0.25, 0.3) is 0 Å². The van der Waals surface area contributed by atoms with Gasteiger partial charge in [-0.25, -0.2) is 0 Å². The van der Waals surface area contributed by atoms with Crippen LogP contribution in [0.15, 0.2) is 11.6 Å². The lowest BCUT2D eigenvalue weighted by Gasteiger charge is -2.55. The van der Waals surface area contributed by atoms with Crippen LogP contribution in [0, 0.1) is 28.6 Å². The molecule has 3 fully saturated rings. The molecule has 0 aromatic rings. The number of rotatable bonds is 0. The van der Waals surface area contributed by atoms with Gasteiger partial charge >= 0.3 is 0 Å². The van der Waals surface area contributed by atoms with Gasteiger partial charge in [-0.2, -0.15) is 0 Å². The largest absolute Gasteiger partial charge is 0.355 e. The van der Waals surface area contributed by atoms with E-state index in [1.165, 1.54) is 6.42 Å². The van der Waals surface area contributed by atoms with E-state index in [0.717, 1.165) is 37.8 Å². The molecular formula is C18H25NO2. The number of ketones is 1. The highest BCUT2D eigenvalue weighted by Crippen LogP contribution is 2.61. The lowest BCUT2D eigenvalue weighted by Crippen LogP contribution is -2.53. The van der Waals surface area contributed by atoms with E-state index in [1.807, 2.05) is 0 Å². The summed E-state index contributed by atoms with van der Waals surface area (Å²) in [6.07, 6.45) is 8.39. The molecule has 1 aliphatic heterocycles. The van der Waals surface area contributed by atoms with Gasteiger partial charge in [-0.1, -0.05) is 19.9 Å². The van der Waals surface area contributed by atoms with Gasteiger partial charge in [-0.05, 0) is 60.8 Å².